The van der Waals surface area contributed by atoms with Crippen LogP contribution >= 0.6 is 12.2 Å². The third kappa shape index (κ3) is 5.79. The summed E-state index contributed by atoms with van der Waals surface area (Å²) in [6.07, 6.45) is 0.0109. The van der Waals surface area contributed by atoms with Crippen molar-refractivity contribution in [2.45, 2.75) is 20.0 Å². The number of ether oxygens (including phenoxy) is 1. The molecule has 2 aromatic carbocycles. The first-order valence-corrected chi connectivity index (χ1v) is 8.88. The van der Waals surface area contributed by atoms with E-state index in [2.05, 4.69) is 10.6 Å². The monoisotopic (exact) mass is 385 g/mol. The molecule has 2 N–H and O–H groups in total. The van der Waals surface area contributed by atoms with E-state index in [0.717, 1.165) is 0 Å². The first-order valence-electron chi connectivity index (χ1n) is 8.47. The highest BCUT2D eigenvalue weighted by atomic mass is 32.1. The predicted molar refractivity (Wildman–Crippen MR) is 110 cm³/mol. The van der Waals surface area contributed by atoms with E-state index in [0.29, 0.717) is 22.6 Å². The van der Waals surface area contributed by atoms with Crippen LogP contribution in [0.1, 0.15) is 34.6 Å². The number of hydrogen-bond acceptors (Lipinski definition) is 4. The summed E-state index contributed by atoms with van der Waals surface area (Å²) in [7, 11) is 3.34. The van der Waals surface area contributed by atoms with Gasteiger partial charge >= 0.3 is 0 Å². The molecule has 0 aliphatic heterocycles. The zero-order valence-corrected chi connectivity index (χ0v) is 16.6. The van der Waals surface area contributed by atoms with Crippen molar-refractivity contribution in [3.8, 4) is 5.75 Å². The first-order chi connectivity index (χ1) is 12.8. The number of carbonyl (C=O) groups excluding carboxylic acids is 2. The van der Waals surface area contributed by atoms with Crippen LogP contribution < -0.4 is 15.4 Å². The van der Waals surface area contributed by atoms with Crippen LogP contribution in [0.15, 0.2) is 48.5 Å². The fraction of sp³-hybridized carbons (Fsp3) is 0.250. The number of carbonyl (C=O) groups is 2. The van der Waals surface area contributed by atoms with Gasteiger partial charge in [0, 0.05) is 19.7 Å². The van der Waals surface area contributed by atoms with Gasteiger partial charge in [-0.1, -0.05) is 18.2 Å². The average Bonchev–Trinajstić information content (AvgIpc) is 2.61. The van der Waals surface area contributed by atoms with Gasteiger partial charge in [0.15, 0.2) is 5.11 Å². The van der Waals surface area contributed by atoms with Crippen LogP contribution in [0.3, 0.4) is 0 Å². The van der Waals surface area contributed by atoms with Crippen LogP contribution in [0.2, 0.25) is 0 Å². The fourth-order valence-corrected chi connectivity index (χ4v) is 2.53. The highest BCUT2D eigenvalue weighted by Crippen LogP contribution is 2.17. The van der Waals surface area contributed by atoms with Crippen LogP contribution in [0.25, 0.3) is 0 Å². The number of rotatable bonds is 5. The zero-order chi connectivity index (χ0) is 20.0. The van der Waals surface area contributed by atoms with Gasteiger partial charge in [-0.25, -0.2) is 0 Å². The Kier molecular flexibility index (Phi) is 6.90. The summed E-state index contributed by atoms with van der Waals surface area (Å²) in [5.41, 5.74) is 1.42. The normalized spacial score (nSPS) is 10.3. The highest BCUT2D eigenvalue weighted by Gasteiger charge is 2.15. The molecule has 0 bridgehead atoms. The molecule has 0 aliphatic carbocycles. The molecule has 0 heterocycles. The van der Waals surface area contributed by atoms with Crippen molar-refractivity contribution in [1.29, 1.82) is 0 Å². The molecule has 142 valence electrons. The summed E-state index contributed by atoms with van der Waals surface area (Å²) in [5, 5.41) is 5.64. The molecule has 0 saturated heterocycles. The van der Waals surface area contributed by atoms with Crippen LogP contribution in [0, 0.1) is 0 Å². The number of thiocarbonyl (C=S) groups is 1. The lowest BCUT2D eigenvalue weighted by Gasteiger charge is -2.16. The molecule has 0 aromatic heterocycles. The molecule has 7 heteroatoms. The van der Waals surface area contributed by atoms with E-state index in [1.807, 2.05) is 13.8 Å². The molecule has 27 heavy (non-hydrogen) atoms. The van der Waals surface area contributed by atoms with Crippen molar-refractivity contribution in [2.75, 3.05) is 19.4 Å². The topological polar surface area (TPSA) is 70.7 Å². The Balaban J connectivity index is 2.08. The highest BCUT2D eigenvalue weighted by molar-refractivity contribution is 7.80. The third-order valence-corrected chi connectivity index (χ3v) is 3.71. The molecule has 6 nitrogen and oxygen atoms in total. The van der Waals surface area contributed by atoms with Crippen molar-refractivity contribution in [3.05, 3.63) is 59.7 Å². The Morgan fingerprint density at radius 3 is 2.44 bits per heavy atom. The number of amides is 2. The molecule has 0 radical (unpaired) electrons. The van der Waals surface area contributed by atoms with Crippen molar-refractivity contribution in [2.24, 2.45) is 0 Å². The van der Waals surface area contributed by atoms with Gasteiger partial charge in [0.25, 0.3) is 11.8 Å². The maximum Gasteiger partial charge on any atom is 0.257 e. The van der Waals surface area contributed by atoms with E-state index in [1.54, 1.807) is 62.6 Å². The van der Waals surface area contributed by atoms with E-state index >= 15 is 0 Å². The zero-order valence-electron chi connectivity index (χ0n) is 15.8. The second-order valence-electron chi connectivity index (χ2n) is 6.35. The molecular weight excluding hydrogens is 362 g/mol. The Morgan fingerprint density at radius 1 is 1.07 bits per heavy atom. The van der Waals surface area contributed by atoms with Crippen molar-refractivity contribution >= 4 is 34.8 Å². The molecule has 0 unspecified atom stereocenters. The Morgan fingerprint density at radius 2 is 1.78 bits per heavy atom. The van der Waals surface area contributed by atoms with Crippen LogP contribution in [0.4, 0.5) is 5.69 Å². The SMILES string of the molecule is CC(C)Oc1cccc(C(=O)NC(=S)Nc2ccccc2C(=O)N(C)C)c1. The number of benzene rings is 2. The molecule has 2 rings (SSSR count). The standard InChI is InChI=1S/C20H23N3O3S/c1-13(2)26-15-9-7-8-14(12-15)18(24)22-20(27)21-17-11-6-5-10-16(17)19(25)23(3)4/h5-13H,1-4H3,(H2,21,22,24,27). The van der Waals surface area contributed by atoms with Crippen LogP contribution in [-0.4, -0.2) is 42.0 Å². The summed E-state index contributed by atoms with van der Waals surface area (Å²) in [6.45, 7) is 3.83. The summed E-state index contributed by atoms with van der Waals surface area (Å²) in [6, 6.07) is 13.8. The first kappa shape index (κ1) is 20.4. The molecule has 0 spiro atoms. The summed E-state index contributed by atoms with van der Waals surface area (Å²) < 4.78 is 5.60. The number of nitrogens with zero attached hydrogens (tertiary/aromatic N) is 1. The lowest BCUT2D eigenvalue weighted by Crippen LogP contribution is -2.35. The van der Waals surface area contributed by atoms with E-state index in [1.165, 1.54) is 4.90 Å². The smallest absolute Gasteiger partial charge is 0.257 e. The molecule has 0 fully saturated rings. The number of hydrogen-bond donors (Lipinski definition) is 2. The van der Waals surface area contributed by atoms with Gasteiger partial charge in [-0.3, -0.25) is 14.9 Å². The Labute approximate surface area is 164 Å². The minimum absolute atomic E-state index is 0.0109. The number of nitrogens with one attached hydrogen (secondary N) is 2. The fourth-order valence-electron chi connectivity index (χ4n) is 2.33. The minimum atomic E-state index is -0.363. The number of anilines is 1. The molecule has 0 aliphatic rings. The second kappa shape index (κ2) is 9.14. The maximum absolute atomic E-state index is 12.4. The lowest BCUT2D eigenvalue weighted by atomic mass is 10.1. The minimum Gasteiger partial charge on any atom is -0.491 e. The van der Waals surface area contributed by atoms with Gasteiger partial charge in [-0.15, -0.1) is 0 Å². The molecule has 0 saturated carbocycles. The Bertz CT molecular complexity index is 850. The summed E-state index contributed by atoms with van der Waals surface area (Å²) >= 11 is 5.23. The van der Waals surface area contributed by atoms with Gasteiger partial charge in [0.1, 0.15) is 5.75 Å². The van der Waals surface area contributed by atoms with Crippen LogP contribution in [0.5, 0.6) is 5.75 Å². The van der Waals surface area contributed by atoms with Crippen molar-refractivity contribution in [3.63, 3.8) is 0 Å². The quantitative estimate of drug-likeness (QED) is 0.773. The lowest BCUT2D eigenvalue weighted by molar-refractivity contribution is 0.0828. The molecule has 2 aromatic rings. The van der Waals surface area contributed by atoms with E-state index in [4.69, 9.17) is 17.0 Å². The molecular formula is C20H23N3O3S. The van der Waals surface area contributed by atoms with Crippen LogP contribution in [-0.2, 0) is 0 Å². The van der Waals surface area contributed by atoms with E-state index in [9.17, 15) is 9.59 Å². The maximum atomic E-state index is 12.4. The third-order valence-electron chi connectivity index (χ3n) is 3.51. The number of para-hydroxylation sites is 1. The van der Waals surface area contributed by atoms with Gasteiger partial charge < -0.3 is 15.0 Å². The van der Waals surface area contributed by atoms with Gasteiger partial charge in [-0.05, 0) is 56.4 Å². The van der Waals surface area contributed by atoms with Gasteiger partial charge in [0.05, 0.1) is 17.4 Å². The summed E-state index contributed by atoms with van der Waals surface area (Å²) in [5.74, 6) is 0.0855. The average molecular weight is 385 g/mol. The van der Waals surface area contributed by atoms with Crippen molar-refractivity contribution < 1.29 is 14.3 Å². The molecule has 0 atom stereocenters. The largest absolute Gasteiger partial charge is 0.491 e. The Hall–Kier alpha value is -2.93. The van der Waals surface area contributed by atoms with E-state index < -0.39 is 0 Å². The van der Waals surface area contributed by atoms with Crippen molar-refractivity contribution in [1.82, 2.24) is 10.2 Å². The summed E-state index contributed by atoms with van der Waals surface area (Å²) in [4.78, 5) is 26.2. The second-order valence-corrected chi connectivity index (χ2v) is 6.76. The van der Waals surface area contributed by atoms with Gasteiger partial charge in [0.2, 0.25) is 0 Å². The van der Waals surface area contributed by atoms with Gasteiger partial charge in [-0.2, -0.15) is 0 Å². The molecule has 2 amide bonds. The predicted octanol–water partition coefficient (Wildman–Crippen LogP) is 3.30. The van der Waals surface area contributed by atoms with E-state index in [-0.39, 0.29) is 23.0 Å².